The highest BCUT2D eigenvalue weighted by molar-refractivity contribution is 9.18. The molecule has 1 N–H and O–H groups in total. The van der Waals surface area contributed by atoms with Crippen molar-refractivity contribution in [2.45, 2.75) is 38.0 Å². The third kappa shape index (κ3) is 4.72. The molecule has 0 saturated carbocycles. The maximum atomic E-state index is 12.4. The van der Waals surface area contributed by atoms with Crippen LogP contribution in [-0.4, -0.2) is 46.8 Å². The van der Waals surface area contributed by atoms with Gasteiger partial charge in [0.15, 0.2) is 6.10 Å². The molecule has 1 saturated heterocycles. The molecule has 1 aromatic carbocycles. The standard InChI is InChI=1S/C17H20BrN3O4/c18-15-9-13(25-20-15)10-19-16(22)14-7-4-8-21(14)17(23)24-11-12-5-2-1-3-6-12/h1-3,5-6,13-14H,4,7-11H2,(H,19,22). The summed E-state index contributed by atoms with van der Waals surface area (Å²) >= 11 is 3.26. The van der Waals surface area contributed by atoms with E-state index < -0.39 is 12.1 Å². The zero-order valence-corrected chi connectivity index (χ0v) is 15.3. The van der Waals surface area contributed by atoms with Crippen LogP contribution >= 0.6 is 15.9 Å². The summed E-state index contributed by atoms with van der Waals surface area (Å²) in [6, 6.07) is 8.98. The quantitative estimate of drug-likeness (QED) is 0.809. The van der Waals surface area contributed by atoms with Crippen molar-refractivity contribution in [2.24, 2.45) is 5.16 Å². The van der Waals surface area contributed by atoms with Crippen molar-refractivity contribution in [3.05, 3.63) is 35.9 Å². The van der Waals surface area contributed by atoms with Crippen LogP contribution in [0.3, 0.4) is 0 Å². The number of likely N-dealkylation sites (tertiary alicyclic amines) is 1. The number of carbonyl (C=O) groups excluding carboxylic acids is 2. The van der Waals surface area contributed by atoms with Crippen molar-refractivity contribution in [3.8, 4) is 0 Å². The monoisotopic (exact) mass is 409 g/mol. The van der Waals surface area contributed by atoms with E-state index >= 15 is 0 Å². The second kappa shape index (κ2) is 8.33. The Bertz CT molecular complexity index is 653. The summed E-state index contributed by atoms with van der Waals surface area (Å²) in [5.74, 6) is -0.180. The van der Waals surface area contributed by atoms with E-state index in [9.17, 15) is 9.59 Å². The second-order valence-corrected chi connectivity index (χ2v) is 6.95. The molecule has 2 heterocycles. The van der Waals surface area contributed by atoms with Gasteiger partial charge in [0.05, 0.1) is 6.54 Å². The molecule has 0 radical (unpaired) electrons. The van der Waals surface area contributed by atoms with Gasteiger partial charge >= 0.3 is 6.09 Å². The number of halogens is 1. The number of hydrogen-bond donors (Lipinski definition) is 1. The van der Waals surface area contributed by atoms with Crippen molar-refractivity contribution >= 4 is 32.6 Å². The van der Waals surface area contributed by atoms with Crippen LogP contribution in [-0.2, 0) is 21.0 Å². The van der Waals surface area contributed by atoms with Gasteiger partial charge in [0.2, 0.25) is 5.91 Å². The molecule has 2 aliphatic heterocycles. The van der Waals surface area contributed by atoms with Gasteiger partial charge in [-0.05, 0) is 34.3 Å². The van der Waals surface area contributed by atoms with Gasteiger partial charge in [0, 0.05) is 13.0 Å². The topological polar surface area (TPSA) is 80.2 Å². The molecule has 2 amide bonds. The number of ether oxygens (including phenoxy) is 1. The Balaban J connectivity index is 1.47. The largest absolute Gasteiger partial charge is 0.445 e. The van der Waals surface area contributed by atoms with Gasteiger partial charge in [-0.25, -0.2) is 4.79 Å². The maximum absolute atomic E-state index is 12.4. The molecule has 1 aromatic rings. The molecular formula is C17H20BrN3O4. The van der Waals surface area contributed by atoms with Crippen LogP contribution in [0.15, 0.2) is 35.5 Å². The lowest BCUT2D eigenvalue weighted by Crippen LogP contribution is -2.47. The number of benzene rings is 1. The molecule has 2 unspecified atom stereocenters. The van der Waals surface area contributed by atoms with E-state index in [0.717, 1.165) is 16.6 Å². The number of nitrogens with one attached hydrogen (secondary N) is 1. The third-order valence-electron chi connectivity index (χ3n) is 4.20. The zero-order chi connectivity index (χ0) is 17.6. The van der Waals surface area contributed by atoms with Gasteiger partial charge < -0.3 is 14.9 Å². The van der Waals surface area contributed by atoms with Crippen LogP contribution in [0.5, 0.6) is 0 Å². The first-order chi connectivity index (χ1) is 12.1. The average Bonchev–Trinajstić information content (AvgIpc) is 3.27. The number of hydrogen-bond acceptors (Lipinski definition) is 5. The number of carbonyl (C=O) groups is 2. The lowest BCUT2D eigenvalue weighted by molar-refractivity contribution is -0.125. The fraction of sp³-hybridized carbons (Fsp3) is 0.471. The van der Waals surface area contributed by atoms with E-state index in [2.05, 4.69) is 26.4 Å². The third-order valence-corrected chi connectivity index (χ3v) is 4.66. The Hall–Kier alpha value is -2.09. The highest BCUT2D eigenvalue weighted by atomic mass is 79.9. The first-order valence-electron chi connectivity index (χ1n) is 8.26. The summed E-state index contributed by atoms with van der Waals surface area (Å²) in [7, 11) is 0. The van der Waals surface area contributed by atoms with Crippen molar-refractivity contribution in [1.82, 2.24) is 10.2 Å². The molecule has 2 atom stereocenters. The fourth-order valence-corrected chi connectivity index (χ4v) is 3.34. The fourth-order valence-electron chi connectivity index (χ4n) is 2.90. The number of nitrogens with zero attached hydrogens (tertiary/aromatic N) is 2. The Kier molecular flexibility index (Phi) is 5.91. The van der Waals surface area contributed by atoms with E-state index in [1.54, 1.807) is 0 Å². The van der Waals surface area contributed by atoms with Gasteiger partial charge in [-0.3, -0.25) is 9.69 Å². The van der Waals surface area contributed by atoms with Crippen molar-refractivity contribution in [3.63, 3.8) is 0 Å². The Labute approximate surface area is 154 Å². The predicted octanol–water partition coefficient (Wildman–Crippen LogP) is 2.40. The molecule has 3 rings (SSSR count). The van der Waals surface area contributed by atoms with E-state index in [1.165, 1.54) is 4.90 Å². The SMILES string of the molecule is O=C(NCC1CC(Br)=NO1)C1CCCN1C(=O)OCc1ccccc1. The summed E-state index contributed by atoms with van der Waals surface area (Å²) in [5, 5.41) is 6.63. The summed E-state index contributed by atoms with van der Waals surface area (Å²) in [6.45, 7) is 1.09. The van der Waals surface area contributed by atoms with Crippen molar-refractivity contribution in [2.75, 3.05) is 13.1 Å². The van der Waals surface area contributed by atoms with Crippen LogP contribution in [0, 0.1) is 0 Å². The molecule has 134 valence electrons. The highest BCUT2D eigenvalue weighted by Gasteiger charge is 2.35. The van der Waals surface area contributed by atoms with Crippen LogP contribution in [0.2, 0.25) is 0 Å². The second-order valence-electron chi connectivity index (χ2n) is 6.04. The Morgan fingerprint density at radius 2 is 2.16 bits per heavy atom. The number of amides is 2. The number of oxime groups is 1. The minimum atomic E-state index is -0.492. The van der Waals surface area contributed by atoms with Gasteiger partial charge in [-0.1, -0.05) is 35.5 Å². The molecule has 0 aliphatic carbocycles. The predicted molar refractivity (Wildman–Crippen MR) is 95.2 cm³/mol. The highest BCUT2D eigenvalue weighted by Crippen LogP contribution is 2.19. The van der Waals surface area contributed by atoms with Gasteiger partial charge in [-0.15, -0.1) is 0 Å². The first-order valence-corrected chi connectivity index (χ1v) is 9.06. The van der Waals surface area contributed by atoms with Gasteiger partial charge in [0.1, 0.15) is 17.3 Å². The average molecular weight is 410 g/mol. The van der Waals surface area contributed by atoms with Crippen LogP contribution in [0.4, 0.5) is 4.79 Å². The van der Waals surface area contributed by atoms with Gasteiger partial charge in [-0.2, -0.15) is 0 Å². The molecule has 0 aromatic heterocycles. The summed E-state index contributed by atoms with van der Waals surface area (Å²) in [6.07, 6.45) is 1.43. The van der Waals surface area contributed by atoms with Crippen molar-refractivity contribution in [1.29, 1.82) is 0 Å². The summed E-state index contributed by atoms with van der Waals surface area (Å²) in [4.78, 5) is 31.4. The molecule has 1 fully saturated rings. The van der Waals surface area contributed by atoms with E-state index in [1.807, 2.05) is 30.3 Å². The molecule has 8 heteroatoms. The van der Waals surface area contributed by atoms with Crippen LogP contribution in [0.1, 0.15) is 24.8 Å². The summed E-state index contributed by atoms with van der Waals surface area (Å²) in [5.41, 5.74) is 0.917. The minimum absolute atomic E-state index is 0.168. The van der Waals surface area contributed by atoms with Crippen LogP contribution in [0.25, 0.3) is 0 Å². The van der Waals surface area contributed by atoms with E-state index in [4.69, 9.17) is 9.57 Å². The van der Waals surface area contributed by atoms with Gasteiger partial charge in [0.25, 0.3) is 0 Å². The first kappa shape index (κ1) is 17.7. The van der Waals surface area contributed by atoms with Crippen molar-refractivity contribution < 1.29 is 19.2 Å². The maximum Gasteiger partial charge on any atom is 0.410 e. The number of rotatable bonds is 5. The normalized spacial score (nSPS) is 22.3. The Morgan fingerprint density at radius 1 is 1.36 bits per heavy atom. The van der Waals surface area contributed by atoms with Crippen LogP contribution < -0.4 is 5.32 Å². The smallest absolute Gasteiger partial charge is 0.410 e. The Morgan fingerprint density at radius 3 is 2.88 bits per heavy atom. The zero-order valence-electron chi connectivity index (χ0n) is 13.7. The lowest BCUT2D eigenvalue weighted by Gasteiger charge is -2.23. The molecule has 2 aliphatic rings. The van der Waals surface area contributed by atoms with E-state index in [0.29, 0.717) is 25.9 Å². The summed E-state index contributed by atoms with van der Waals surface area (Å²) < 4.78 is 6.08. The minimum Gasteiger partial charge on any atom is -0.445 e. The molecule has 25 heavy (non-hydrogen) atoms. The molecular weight excluding hydrogens is 390 g/mol. The van der Waals surface area contributed by atoms with E-state index in [-0.39, 0.29) is 18.6 Å². The molecule has 7 nitrogen and oxygen atoms in total. The molecule has 0 spiro atoms. The molecule has 0 bridgehead atoms. The lowest BCUT2D eigenvalue weighted by atomic mass is 10.2.